The summed E-state index contributed by atoms with van der Waals surface area (Å²) < 4.78 is 14.9. The lowest BCUT2D eigenvalue weighted by molar-refractivity contribution is -0.143. The van der Waals surface area contributed by atoms with Crippen LogP contribution in [0.2, 0.25) is 0 Å². The molecule has 0 fully saturated rings. The van der Waals surface area contributed by atoms with E-state index in [0.717, 1.165) is 5.56 Å². The van der Waals surface area contributed by atoms with Crippen LogP contribution in [-0.4, -0.2) is 36.1 Å². The van der Waals surface area contributed by atoms with E-state index in [1.165, 1.54) is 6.92 Å². The third kappa shape index (κ3) is 5.43. The molecule has 0 bridgehead atoms. The van der Waals surface area contributed by atoms with E-state index in [9.17, 15) is 14.4 Å². The molecule has 1 aromatic heterocycles. The molecule has 128 valence electrons. The lowest BCUT2D eigenvalue weighted by atomic mass is 10.0. The van der Waals surface area contributed by atoms with Gasteiger partial charge in [-0.25, -0.2) is 4.79 Å². The molecule has 0 aliphatic carbocycles. The lowest BCUT2D eigenvalue weighted by Gasteiger charge is -2.06. The molecule has 0 aromatic carbocycles. The average molecular weight is 325 g/mol. The topological polar surface area (TPSA) is 94.7 Å². The summed E-state index contributed by atoms with van der Waals surface area (Å²) in [4.78, 5) is 37.4. The van der Waals surface area contributed by atoms with E-state index in [0.29, 0.717) is 30.0 Å². The molecule has 1 aromatic rings. The van der Waals surface area contributed by atoms with Gasteiger partial charge in [0.05, 0.1) is 18.9 Å². The Kier molecular flexibility index (Phi) is 7.31. The number of hydrogen-bond acceptors (Lipinski definition) is 6. The van der Waals surface area contributed by atoms with Crippen molar-refractivity contribution in [3.63, 3.8) is 0 Å². The van der Waals surface area contributed by atoms with Gasteiger partial charge in [-0.2, -0.15) is 0 Å². The largest absolute Gasteiger partial charge is 0.466 e. The van der Waals surface area contributed by atoms with Gasteiger partial charge < -0.3 is 19.2 Å². The zero-order valence-electron chi connectivity index (χ0n) is 14.0. The predicted molar refractivity (Wildman–Crippen MR) is 81.9 cm³/mol. The van der Waals surface area contributed by atoms with E-state index in [1.54, 1.807) is 20.8 Å². The molecule has 1 N–H and O–H groups in total. The fourth-order valence-corrected chi connectivity index (χ4v) is 2.20. The highest BCUT2D eigenvalue weighted by molar-refractivity contribution is 5.90. The molecular weight excluding hydrogens is 302 g/mol. The van der Waals surface area contributed by atoms with Gasteiger partial charge in [-0.1, -0.05) is 0 Å². The number of esters is 3. The van der Waals surface area contributed by atoms with Gasteiger partial charge in [0, 0.05) is 13.3 Å². The van der Waals surface area contributed by atoms with Crippen LogP contribution < -0.4 is 0 Å². The van der Waals surface area contributed by atoms with Crippen molar-refractivity contribution in [1.82, 2.24) is 4.98 Å². The number of ether oxygens (including phenoxy) is 3. The van der Waals surface area contributed by atoms with Crippen molar-refractivity contribution in [3.05, 3.63) is 22.5 Å². The molecular formula is C16H23NO6. The van der Waals surface area contributed by atoms with E-state index >= 15 is 0 Å². The van der Waals surface area contributed by atoms with Crippen LogP contribution in [0.15, 0.2) is 0 Å². The Morgan fingerprint density at radius 1 is 1.04 bits per heavy atom. The second-order valence-electron chi connectivity index (χ2n) is 4.89. The Bertz CT molecular complexity index is 575. The van der Waals surface area contributed by atoms with E-state index in [1.807, 2.05) is 0 Å². The van der Waals surface area contributed by atoms with Gasteiger partial charge in [0.25, 0.3) is 0 Å². The number of carbonyl (C=O) groups is 3. The van der Waals surface area contributed by atoms with Crippen LogP contribution in [-0.2, 0) is 36.8 Å². The Morgan fingerprint density at radius 2 is 1.70 bits per heavy atom. The summed E-state index contributed by atoms with van der Waals surface area (Å²) in [7, 11) is 0. The van der Waals surface area contributed by atoms with Crippen LogP contribution in [0.1, 0.15) is 54.5 Å². The van der Waals surface area contributed by atoms with Gasteiger partial charge in [-0.3, -0.25) is 9.59 Å². The predicted octanol–water partition coefficient (Wildman–Crippen LogP) is 2.06. The summed E-state index contributed by atoms with van der Waals surface area (Å²) in [5, 5.41) is 0. The molecule has 7 heteroatoms. The molecule has 0 amide bonds. The van der Waals surface area contributed by atoms with E-state index in [-0.39, 0.29) is 25.6 Å². The fourth-order valence-electron chi connectivity index (χ4n) is 2.20. The molecule has 7 nitrogen and oxygen atoms in total. The molecule has 0 saturated heterocycles. The maximum absolute atomic E-state index is 12.0. The maximum Gasteiger partial charge on any atom is 0.355 e. The SMILES string of the molecule is CCOC(=O)CCc1c(COC(C)=O)[nH]c(C(=O)OCC)c1C. The quantitative estimate of drug-likeness (QED) is 0.581. The molecule has 0 aliphatic rings. The Balaban J connectivity index is 3.00. The van der Waals surface area contributed by atoms with Crippen molar-refractivity contribution in [2.75, 3.05) is 13.2 Å². The molecule has 1 rings (SSSR count). The van der Waals surface area contributed by atoms with Crippen LogP contribution in [0.25, 0.3) is 0 Å². The first-order chi connectivity index (χ1) is 10.9. The first-order valence-electron chi connectivity index (χ1n) is 7.57. The minimum absolute atomic E-state index is 0.00768. The second kappa shape index (κ2) is 8.97. The van der Waals surface area contributed by atoms with Crippen molar-refractivity contribution in [2.45, 2.75) is 47.1 Å². The molecule has 0 atom stereocenters. The Morgan fingerprint density at radius 3 is 2.26 bits per heavy atom. The number of aromatic amines is 1. The van der Waals surface area contributed by atoms with Crippen LogP contribution in [0, 0.1) is 6.92 Å². The zero-order chi connectivity index (χ0) is 17.4. The summed E-state index contributed by atoms with van der Waals surface area (Å²) >= 11 is 0. The maximum atomic E-state index is 12.0. The van der Waals surface area contributed by atoms with Crippen molar-refractivity contribution in [1.29, 1.82) is 0 Å². The summed E-state index contributed by atoms with van der Waals surface area (Å²) in [5.74, 6) is -1.22. The highest BCUT2D eigenvalue weighted by atomic mass is 16.5. The second-order valence-corrected chi connectivity index (χ2v) is 4.89. The van der Waals surface area contributed by atoms with Crippen LogP contribution in [0.4, 0.5) is 0 Å². The number of carbonyl (C=O) groups excluding carboxylic acids is 3. The number of nitrogens with one attached hydrogen (secondary N) is 1. The van der Waals surface area contributed by atoms with Crippen LogP contribution >= 0.6 is 0 Å². The van der Waals surface area contributed by atoms with Crippen LogP contribution in [0.3, 0.4) is 0 Å². The van der Waals surface area contributed by atoms with Gasteiger partial charge in [0.15, 0.2) is 0 Å². The van der Waals surface area contributed by atoms with Gasteiger partial charge >= 0.3 is 17.9 Å². The molecule has 0 spiro atoms. The van der Waals surface area contributed by atoms with Gasteiger partial charge in [0.2, 0.25) is 0 Å². The summed E-state index contributed by atoms with van der Waals surface area (Å²) in [6.07, 6.45) is 0.568. The standard InChI is InChI=1S/C16H23NO6/c1-5-21-14(19)8-7-12-10(3)15(16(20)22-6-2)17-13(12)9-23-11(4)18/h17H,5-9H2,1-4H3. The Hall–Kier alpha value is -2.31. The summed E-state index contributed by atoms with van der Waals surface area (Å²) in [5.41, 5.74) is 2.36. The number of hydrogen-bond donors (Lipinski definition) is 1. The fraction of sp³-hybridized carbons (Fsp3) is 0.562. The molecule has 0 unspecified atom stereocenters. The summed E-state index contributed by atoms with van der Waals surface area (Å²) in [6, 6.07) is 0. The number of rotatable bonds is 8. The average Bonchev–Trinajstić information content (AvgIpc) is 2.80. The first-order valence-corrected chi connectivity index (χ1v) is 7.57. The van der Waals surface area contributed by atoms with Crippen molar-refractivity contribution >= 4 is 17.9 Å². The molecule has 0 radical (unpaired) electrons. The zero-order valence-corrected chi connectivity index (χ0v) is 14.0. The monoisotopic (exact) mass is 325 g/mol. The minimum Gasteiger partial charge on any atom is -0.466 e. The van der Waals surface area contributed by atoms with E-state index in [2.05, 4.69) is 4.98 Å². The third-order valence-electron chi connectivity index (χ3n) is 3.25. The van der Waals surface area contributed by atoms with Crippen molar-refractivity contribution in [2.24, 2.45) is 0 Å². The van der Waals surface area contributed by atoms with Gasteiger partial charge in [-0.05, 0) is 38.3 Å². The molecule has 0 aliphatic heterocycles. The lowest BCUT2D eigenvalue weighted by Crippen LogP contribution is -2.07. The smallest absolute Gasteiger partial charge is 0.355 e. The molecule has 0 saturated carbocycles. The normalized spacial score (nSPS) is 10.3. The van der Waals surface area contributed by atoms with Crippen molar-refractivity contribution in [3.8, 4) is 0 Å². The van der Waals surface area contributed by atoms with E-state index in [4.69, 9.17) is 14.2 Å². The van der Waals surface area contributed by atoms with Crippen LogP contribution in [0.5, 0.6) is 0 Å². The van der Waals surface area contributed by atoms with Gasteiger partial charge in [-0.15, -0.1) is 0 Å². The summed E-state index contributed by atoms with van der Waals surface area (Å²) in [6.45, 7) is 7.12. The molecule has 23 heavy (non-hydrogen) atoms. The van der Waals surface area contributed by atoms with Crippen molar-refractivity contribution < 1.29 is 28.6 Å². The third-order valence-corrected chi connectivity index (χ3v) is 3.25. The highest BCUT2D eigenvalue weighted by Gasteiger charge is 2.21. The number of aromatic nitrogens is 1. The minimum atomic E-state index is -0.476. The highest BCUT2D eigenvalue weighted by Crippen LogP contribution is 2.22. The Labute approximate surface area is 135 Å². The first kappa shape index (κ1) is 18.7. The molecule has 1 heterocycles. The van der Waals surface area contributed by atoms with E-state index < -0.39 is 11.9 Å². The van der Waals surface area contributed by atoms with Gasteiger partial charge in [0.1, 0.15) is 12.3 Å². The number of H-pyrrole nitrogens is 1.